The molecule has 0 atom stereocenters. The number of amides is 2. The summed E-state index contributed by atoms with van der Waals surface area (Å²) < 4.78 is 0. The first-order valence-electron chi connectivity index (χ1n) is 10.0. The van der Waals surface area contributed by atoms with Crippen LogP contribution in [0.2, 0.25) is 0 Å². The molecule has 0 radical (unpaired) electrons. The number of anilines is 2. The van der Waals surface area contributed by atoms with Crippen LogP contribution in [0, 0.1) is 5.92 Å². The highest BCUT2D eigenvalue weighted by Crippen LogP contribution is 2.29. The van der Waals surface area contributed by atoms with Gasteiger partial charge in [0, 0.05) is 44.0 Å². The van der Waals surface area contributed by atoms with Gasteiger partial charge in [0.1, 0.15) is 0 Å². The fraction of sp³-hybridized carbons (Fsp3) is 0.619. The second-order valence-electron chi connectivity index (χ2n) is 7.93. The van der Waals surface area contributed by atoms with Crippen molar-refractivity contribution in [3.05, 3.63) is 23.8 Å². The highest BCUT2D eigenvalue weighted by molar-refractivity contribution is 6.02. The van der Waals surface area contributed by atoms with Crippen molar-refractivity contribution >= 4 is 23.2 Å². The van der Waals surface area contributed by atoms with Crippen molar-refractivity contribution in [1.82, 2.24) is 4.90 Å². The van der Waals surface area contributed by atoms with E-state index in [1.54, 1.807) is 0 Å². The van der Waals surface area contributed by atoms with Crippen LogP contribution in [-0.2, 0) is 4.79 Å². The van der Waals surface area contributed by atoms with Gasteiger partial charge in [0.25, 0.3) is 5.91 Å². The summed E-state index contributed by atoms with van der Waals surface area (Å²) in [5, 5.41) is 2.96. The number of likely N-dealkylation sites (tertiary alicyclic amines) is 1. The molecule has 0 spiro atoms. The summed E-state index contributed by atoms with van der Waals surface area (Å²) >= 11 is 0. The molecule has 2 aliphatic heterocycles. The molecule has 2 fully saturated rings. The van der Waals surface area contributed by atoms with Gasteiger partial charge < -0.3 is 15.1 Å². The molecule has 0 saturated carbocycles. The van der Waals surface area contributed by atoms with Gasteiger partial charge in [0.15, 0.2) is 0 Å². The number of hydrogen-bond acceptors (Lipinski definition) is 3. The van der Waals surface area contributed by atoms with Gasteiger partial charge in [-0.15, -0.1) is 0 Å². The quantitative estimate of drug-likeness (QED) is 0.869. The molecule has 2 amide bonds. The minimum Gasteiger partial charge on any atom is -0.371 e. The van der Waals surface area contributed by atoms with E-state index >= 15 is 0 Å². The number of piperidine rings is 1. The first-order chi connectivity index (χ1) is 12.5. The van der Waals surface area contributed by atoms with Crippen molar-refractivity contribution in [1.29, 1.82) is 0 Å². The van der Waals surface area contributed by atoms with E-state index in [1.807, 2.05) is 36.9 Å². The molecule has 26 heavy (non-hydrogen) atoms. The topological polar surface area (TPSA) is 52.7 Å². The van der Waals surface area contributed by atoms with Gasteiger partial charge in [0.05, 0.1) is 5.56 Å². The third kappa shape index (κ3) is 4.57. The zero-order valence-corrected chi connectivity index (χ0v) is 16.1. The summed E-state index contributed by atoms with van der Waals surface area (Å²) in [5.74, 6) is 0.421. The molecule has 3 rings (SSSR count). The van der Waals surface area contributed by atoms with Gasteiger partial charge in [-0.2, -0.15) is 0 Å². The van der Waals surface area contributed by atoms with Gasteiger partial charge in [0.2, 0.25) is 5.91 Å². The molecular formula is C21H31N3O2. The molecule has 0 aliphatic carbocycles. The minimum absolute atomic E-state index is 0.00490. The summed E-state index contributed by atoms with van der Waals surface area (Å²) in [7, 11) is 0. The summed E-state index contributed by atoms with van der Waals surface area (Å²) in [4.78, 5) is 29.6. The molecule has 2 heterocycles. The Balaban J connectivity index is 1.85. The zero-order chi connectivity index (χ0) is 18.5. The lowest BCUT2D eigenvalue weighted by atomic mass is 10.1. The predicted molar refractivity (Wildman–Crippen MR) is 106 cm³/mol. The van der Waals surface area contributed by atoms with E-state index in [0.29, 0.717) is 12.3 Å². The van der Waals surface area contributed by atoms with Gasteiger partial charge in [-0.3, -0.25) is 9.59 Å². The molecule has 1 aromatic carbocycles. The van der Waals surface area contributed by atoms with Crippen LogP contribution in [0.4, 0.5) is 11.4 Å². The number of nitrogens with one attached hydrogen (secondary N) is 1. The number of nitrogens with zero attached hydrogens (tertiary/aromatic N) is 2. The van der Waals surface area contributed by atoms with E-state index < -0.39 is 0 Å². The standard InChI is InChI=1S/C21H31N3O2/c1-16(2)14-20(25)22-17-8-9-19(23-10-6-7-11-23)18(15-17)21(26)24-12-4-3-5-13-24/h8-9,15-16H,3-7,10-14H2,1-2H3,(H,22,25). The third-order valence-corrected chi connectivity index (χ3v) is 5.19. The van der Waals surface area contributed by atoms with E-state index in [2.05, 4.69) is 10.2 Å². The fourth-order valence-corrected chi connectivity index (χ4v) is 3.87. The molecule has 5 nitrogen and oxygen atoms in total. The summed E-state index contributed by atoms with van der Waals surface area (Å²) in [6.07, 6.45) is 6.19. The molecule has 0 bridgehead atoms. The maximum Gasteiger partial charge on any atom is 0.256 e. The number of carbonyl (C=O) groups is 2. The van der Waals surface area contributed by atoms with Crippen LogP contribution in [0.25, 0.3) is 0 Å². The maximum atomic E-state index is 13.2. The van der Waals surface area contributed by atoms with Crippen molar-refractivity contribution in [2.45, 2.75) is 52.4 Å². The smallest absolute Gasteiger partial charge is 0.256 e. The Morgan fingerprint density at radius 3 is 2.31 bits per heavy atom. The van der Waals surface area contributed by atoms with E-state index in [4.69, 9.17) is 0 Å². The highest BCUT2D eigenvalue weighted by atomic mass is 16.2. The highest BCUT2D eigenvalue weighted by Gasteiger charge is 2.25. The van der Waals surface area contributed by atoms with Crippen LogP contribution in [0.5, 0.6) is 0 Å². The molecule has 1 aromatic rings. The predicted octanol–water partition coefficient (Wildman–Crippen LogP) is 3.90. The average molecular weight is 357 g/mol. The third-order valence-electron chi connectivity index (χ3n) is 5.19. The van der Waals surface area contributed by atoms with Crippen molar-refractivity contribution in [3.8, 4) is 0 Å². The number of hydrogen-bond donors (Lipinski definition) is 1. The minimum atomic E-state index is 0.00490. The summed E-state index contributed by atoms with van der Waals surface area (Å²) in [6, 6.07) is 5.81. The van der Waals surface area contributed by atoms with E-state index in [-0.39, 0.29) is 11.8 Å². The fourth-order valence-electron chi connectivity index (χ4n) is 3.87. The van der Waals surface area contributed by atoms with E-state index in [1.165, 1.54) is 19.3 Å². The lowest BCUT2D eigenvalue weighted by Gasteiger charge is -2.29. The molecule has 2 saturated heterocycles. The Morgan fingerprint density at radius 1 is 1.00 bits per heavy atom. The summed E-state index contributed by atoms with van der Waals surface area (Å²) in [5.41, 5.74) is 2.47. The molecule has 0 unspecified atom stereocenters. The van der Waals surface area contributed by atoms with Crippen LogP contribution in [0.15, 0.2) is 18.2 Å². The first-order valence-corrected chi connectivity index (χ1v) is 10.0. The van der Waals surface area contributed by atoms with Crippen LogP contribution < -0.4 is 10.2 Å². The average Bonchev–Trinajstić information content (AvgIpc) is 3.15. The summed E-state index contributed by atoms with van der Waals surface area (Å²) in [6.45, 7) is 7.73. The number of rotatable bonds is 5. The lowest BCUT2D eigenvalue weighted by molar-refractivity contribution is -0.116. The van der Waals surface area contributed by atoms with Crippen molar-refractivity contribution in [2.75, 3.05) is 36.4 Å². The zero-order valence-electron chi connectivity index (χ0n) is 16.1. The van der Waals surface area contributed by atoms with Crippen molar-refractivity contribution in [3.63, 3.8) is 0 Å². The monoisotopic (exact) mass is 357 g/mol. The Bertz CT molecular complexity index is 645. The Morgan fingerprint density at radius 2 is 1.65 bits per heavy atom. The van der Waals surface area contributed by atoms with Crippen molar-refractivity contribution < 1.29 is 9.59 Å². The van der Waals surface area contributed by atoms with Crippen molar-refractivity contribution in [2.24, 2.45) is 5.92 Å². The second kappa shape index (κ2) is 8.56. The largest absolute Gasteiger partial charge is 0.371 e. The Kier molecular flexibility index (Phi) is 6.17. The van der Waals surface area contributed by atoms with E-state index in [0.717, 1.165) is 56.0 Å². The molecule has 2 aliphatic rings. The van der Waals surface area contributed by atoms with Crippen LogP contribution in [0.3, 0.4) is 0 Å². The lowest BCUT2D eigenvalue weighted by Crippen LogP contribution is -2.36. The first kappa shape index (κ1) is 18.7. The van der Waals surface area contributed by atoms with Gasteiger partial charge in [-0.05, 0) is 56.2 Å². The van der Waals surface area contributed by atoms with Gasteiger partial charge in [-0.25, -0.2) is 0 Å². The Labute approximate surface area is 156 Å². The molecule has 5 heteroatoms. The van der Waals surface area contributed by atoms with Crippen LogP contribution >= 0.6 is 0 Å². The van der Waals surface area contributed by atoms with Crippen LogP contribution in [0.1, 0.15) is 62.7 Å². The van der Waals surface area contributed by atoms with Gasteiger partial charge in [-0.1, -0.05) is 13.8 Å². The molecular weight excluding hydrogens is 326 g/mol. The normalized spacial score (nSPS) is 17.7. The SMILES string of the molecule is CC(C)CC(=O)Nc1ccc(N2CCCC2)c(C(=O)N2CCCCC2)c1. The van der Waals surface area contributed by atoms with Crippen LogP contribution in [-0.4, -0.2) is 42.9 Å². The molecule has 1 N–H and O–H groups in total. The van der Waals surface area contributed by atoms with E-state index in [9.17, 15) is 9.59 Å². The number of benzene rings is 1. The molecule has 142 valence electrons. The second-order valence-corrected chi connectivity index (χ2v) is 7.93. The number of carbonyl (C=O) groups excluding carboxylic acids is 2. The molecule has 0 aromatic heterocycles. The maximum absolute atomic E-state index is 13.2. The Hall–Kier alpha value is -2.04. The van der Waals surface area contributed by atoms with Gasteiger partial charge >= 0.3 is 0 Å².